The molecule has 0 saturated carbocycles. The van der Waals surface area contributed by atoms with Gasteiger partial charge in [-0.3, -0.25) is 14.4 Å². The van der Waals surface area contributed by atoms with Crippen molar-refractivity contribution in [2.75, 3.05) is 25.0 Å². The van der Waals surface area contributed by atoms with Crippen LogP contribution in [0, 0.1) is 5.92 Å². The molecule has 1 fully saturated rings. The second kappa shape index (κ2) is 7.76. The molecule has 2 rings (SSSR count). The molecular formula is C17H22N2O4. The number of rotatable bonds is 4. The van der Waals surface area contributed by atoms with Crippen molar-refractivity contribution < 1.29 is 19.1 Å². The molecule has 6 nitrogen and oxygen atoms in total. The lowest BCUT2D eigenvalue weighted by molar-refractivity contribution is -0.149. The van der Waals surface area contributed by atoms with Crippen LogP contribution in [0.3, 0.4) is 0 Å². The van der Waals surface area contributed by atoms with Crippen LogP contribution in [0.2, 0.25) is 0 Å². The Labute approximate surface area is 135 Å². The van der Waals surface area contributed by atoms with E-state index >= 15 is 0 Å². The Morgan fingerprint density at radius 3 is 2.57 bits per heavy atom. The molecule has 6 heteroatoms. The number of esters is 1. The number of amides is 2. The van der Waals surface area contributed by atoms with Gasteiger partial charge >= 0.3 is 5.97 Å². The number of nitrogens with zero attached hydrogens (tertiary/aromatic N) is 1. The van der Waals surface area contributed by atoms with Gasteiger partial charge in [0.15, 0.2) is 0 Å². The topological polar surface area (TPSA) is 75.7 Å². The van der Waals surface area contributed by atoms with Crippen LogP contribution in [-0.4, -0.2) is 42.4 Å². The molecule has 1 aromatic rings. The molecule has 1 aliphatic rings. The molecule has 2 amide bonds. The van der Waals surface area contributed by atoms with Crippen molar-refractivity contribution in [3.8, 4) is 0 Å². The molecule has 1 N–H and O–H groups in total. The first-order valence-corrected chi connectivity index (χ1v) is 7.84. The van der Waals surface area contributed by atoms with Crippen LogP contribution < -0.4 is 5.32 Å². The minimum absolute atomic E-state index is 0.103. The van der Waals surface area contributed by atoms with Gasteiger partial charge in [0.05, 0.1) is 12.5 Å². The molecule has 124 valence electrons. The van der Waals surface area contributed by atoms with Gasteiger partial charge < -0.3 is 15.0 Å². The maximum absolute atomic E-state index is 12.5. The highest BCUT2D eigenvalue weighted by atomic mass is 16.5. The van der Waals surface area contributed by atoms with Crippen LogP contribution >= 0.6 is 0 Å². The van der Waals surface area contributed by atoms with Gasteiger partial charge in [-0.25, -0.2) is 0 Å². The Morgan fingerprint density at radius 2 is 1.96 bits per heavy atom. The zero-order valence-electron chi connectivity index (χ0n) is 13.5. The highest BCUT2D eigenvalue weighted by Gasteiger charge is 2.29. The van der Waals surface area contributed by atoms with Crippen LogP contribution in [0.1, 0.15) is 37.0 Å². The summed E-state index contributed by atoms with van der Waals surface area (Å²) >= 11 is 0. The van der Waals surface area contributed by atoms with E-state index in [1.54, 1.807) is 36.1 Å². The molecule has 0 spiro atoms. The highest BCUT2D eigenvalue weighted by molar-refractivity contribution is 5.95. The molecule has 1 aromatic carbocycles. The number of carbonyl (C=O) groups is 3. The van der Waals surface area contributed by atoms with Crippen LogP contribution in [0.25, 0.3) is 0 Å². The third-order valence-electron chi connectivity index (χ3n) is 3.78. The van der Waals surface area contributed by atoms with Crippen molar-refractivity contribution in [2.24, 2.45) is 5.92 Å². The van der Waals surface area contributed by atoms with Crippen molar-refractivity contribution in [3.63, 3.8) is 0 Å². The van der Waals surface area contributed by atoms with E-state index in [9.17, 15) is 14.4 Å². The molecule has 1 heterocycles. The van der Waals surface area contributed by atoms with Crippen LogP contribution in [-0.2, 0) is 14.3 Å². The van der Waals surface area contributed by atoms with Gasteiger partial charge in [-0.1, -0.05) is 0 Å². The molecule has 1 saturated heterocycles. The SMILES string of the molecule is CCOC(=O)[C@H]1CCCN(C(=O)c2ccc(NC(C)=O)cc2)C1. The maximum Gasteiger partial charge on any atom is 0.310 e. The largest absolute Gasteiger partial charge is 0.466 e. The molecule has 0 unspecified atom stereocenters. The maximum atomic E-state index is 12.5. The van der Waals surface area contributed by atoms with E-state index in [1.165, 1.54) is 6.92 Å². The van der Waals surface area contributed by atoms with E-state index in [-0.39, 0.29) is 23.7 Å². The van der Waals surface area contributed by atoms with E-state index < -0.39 is 0 Å². The normalized spacial score (nSPS) is 17.5. The van der Waals surface area contributed by atoms with Crippen molar-refractivity contribution in [3.05, 3.63) is 29.8 Å². The van der Waals surface area contributed by atoms with Crippen LogP contribution in [0.4, 0.5) is 5.69 Å². The summed E-state index contributed by atoms with van der Waals surface area (Å²) in [5, 5.41) is 2.66. The van der Waals surface area contributed by atoms with Crippen molar-refractivity contribution in [2.45, 2.75) is 26.7 Å². The lowest BCUT2D eigenvalue weighted by Gasteiger charge is -2.31. The summed E-state index contributed by atoms with van der Waals surface area (Å²) in [6, 6.07) is 6.76. The molecule has 0 aliphatic carbocycles. The molecule has 0 aromatic heterocycles. The fourth-order valence-electron chi connectivity index (χ4n) is 2.70. The van der Waals surface area contributed by atoms with Gasteiger partial charge in [0.25, 0.3) is 5.91 Å². The fraction of sp³-hybridized carbons (Fsp3) is 0.471. The number of benzene rings is 1. The van der Waals surface area contributed by atoms with E-state index in [2.05, 4.69) is 5.32 Å². The highest BCUT2D eigenvalue weighted by Crippen LogP contribution is 2.20. The lowest BCUT2D eigenvalue weighted by atomic mass is 9.97. The van der Waals surface area contributed by atoms with Gasteiger partial charge in [-0.05, 0) is 44.0 Å². The molecule has 23 heavy (non-hydrogen) atoms. The zero-order chi connectivity index (χ0) is 16.8. The lowest BCUT2D eigenvalue weighted by Crippen LogP contribution is -2.42. The summed E-state index contributed by atoms with van der Waals surface area (Å²) < 4.78 is 5.05. The zero-order valence-corrected chi connectivity index (χ0v) is 13.5. The Morgan fingerprint density at radius 1 is 1.26 bits per heavy atom. The number of piperidine rings is 1. The molecule has 0 radical (unpaired) electrons. The van der Waals surface area contributed by atoms with Gasteiger partial charge in [0.2, 0.25) is 5.91 Å². The Bertz CT molecular complexity index is 583. The number of anilines is 1. The summed E-state index contributed by atoms with van der Waals surface area (Å²) in [7, 11) is 0. The summed E-state index contributed by atoms with van der Waals surface area (Å²) in [4.78, 5) is 37.1. The average Bonchev–Trinajstić information content (AvgIpc) is 2.55. The first kappa shape index (κ1) is 17.0. The van der Waals surface area contributed by atoms with E-state index in [0.717, 1.165) is 12.8 Å². The second-order valence-electron chi connectivity index (χ2n) is 5.60. The molecule has 1 aliphatic heterocycles. The summed E-state index contributed by atoms with van der Waals surface area (Å²) in [5.74, 6) is -0.733. The molecule has 0 bridgehead atoms. The molecule has 1 atom stereocenters. The average molecular weight is 318 g/mol. The summed E-state index contributed by atoms with van der Waals surface area (Å²) in [6.45, 7) is 4.60. The van der Waals surface area contributed by atoms with E-state index in [1.807, 2.05) is 0 Å². The fourth-order valence-corrected chi connectivity index (χ4v) is 2.70. The minimum Gasteiger partial charge on any atom is -0.466 e. The smallest absolute Gasteiger partial charge is 0.310 e. The third kappa shape index (κ3) is 4.55. The number of nitrogens with one attached hydrogen (secondary N) is 1. The second-order valence-corrected chi connectivity index (χ2v) is 5.60. The van der Waals surface area contributed by atoms with Gasteiger partial charge in [0, 0.05) is 31.3 Å². The van der Waals surface area contributed by atoms with Crippen molar-refractivity contribution >= 4 is 23.5 Å². The summed E-state index contributed by atoms with van der Waals surface area (Å²) in [5.41, 5.74) is 1.20. The number of likely N-dealkylation sites (tertiary alicyclic amines) is 1. The summed E-state index contributed by atoms with van der Waals surface area (Å²) in [6.07, 6.45) is 1.54. The van der Waals surface area contributed by atoms with Crippen molar-refractivity contribution in [1.82, 2.24) is 4.90 Å². The third-order valence-corrected chi connectivity index (χ3v) is 3.78. The minimum atomic E-state index is -0.244. The quantitative estimate of drug-likeness (QED) is 0.862. The first-order chi connectivity index (χ1) is 11.0. The number of hydrogen-bond acceptors (Lipinski definition) is 4. The monoisotopic (exact) mass is 318 g/mol. The first-order valence-electron chi connectivity index (χ1n) is 7.84. The van der Waals surface area contributed by atoms with Gasteiger partial charge in [-0.15, -0.1) is 0 Å². The predicted octanol–water partition coefficient (Wildman–Crippen LogP) is 2.06. The Kier molecular flexibility index (Phi) is 5.73. The van der Waals surface area contributed by atoms with Crippen LogP contribution in [0.5, 0.6) is 0 Å². The van der Waals surface area contributed by atoms with Crippen molar-refractivity contribution in [1.29, 1.82) is 0 Å². The molecular weight excluding hydrogens is 296 g/mol. The van der Waals surface area contributed by atoms with E-state index in [0.29, 0.717) is 30.9 Å². The standard InChI is InChI=1S/C17H22N2O4/c1-3-23-17(22)14-5-4-10-19(11-14)16(21)13-6-8-15(9-7-13)18-12(2)20/h6-9,14H,3-5,10-11H2,1-2H3,(H,18,20)/t14-/m0/s1. The van der Waals surface area contributed by atoms with Crippen LogP contribution in [0.15, 0.2) is 24.3 Å². The van der Waals surface area contributed by atoms with Gasteiger partial charge in [0.1, 0.15) is 0 Å². The Hall–Kier alpha value is -2.37. The Balaban J connectivity index is 2.01. The number of carbonyl (C=O) groups excluding carboxylic acids is 3. The predicted molar refractivity (Wildman–Crippen MR) is 86.0 cm³/mol. The number of hydrogen-bond donors (Lipinski definition) is 1. The van der Waals surface area contributed by atoms with Gasteiger partial charge in [-0.2, -0.15) is 0 Å². The van der Waals surface area contributed by atoms with E-state index in [4.69, 9.17) is 4.74 Å². The number of ether oxygens (including phenoxy) is 1.